The highest BCUT2D eigenvalue weighted by atomic mass is 15.1. The Balaban J connectivity index is 1.54. The van der Waals surface area contributed by atoms with E-state index < -0.39 is 0 Å². The molecule has 0 amide bonds. The van der Waals surface area contributed by atoms with Crippen molar-refractivity contribution in [2.24, 2.45) is 0 Å². The van der Waals surface area contributed by atoms with Gasteiger partial charge in [0, 0.05) is 22.5 Å². The molecule has 0 atom stereocenters. The molecule has 5 aromatic carbocycles. The van der Waals surface area contributed by atoms with E-state index in [1.807, 2.05) is 12.1 Å². The number of nitrogens with zero attached hydrogens (tertiary/aromatic N) is 3. The Bertz CT molecular complexity index is 1930. The minimum atomic E-state index is 0.858. The van der Waals surface area contributed by atoms with Crippen LogP contribution in [0.15, 0.2) is 115 Å². The molecule has 2 aromatic heterocycles. The van der Waals surface area contributed by atoms with Crippen molar-refractivity contribution in [3.63, 3.8) is 0 Å². The Morgan fingerprint density at radius 3 is 1.54 bits per heavy atom. The summed E-state index contributed by atoms with van der Waals surface area (Å²) in [5, 5.41) is 11.1. The van der Waals surface area contributed by atoms with Crippen molar-refractivity contribution in [2.75, 3.05) is 0 Å². The standard InChI is InChI=1S/C38H31N3/c1-24-16-25(2)19-30(18-24)28-11-13-37-33(22-28)34-23-29(31-20-26(3)17-27(4)21-31)12-14-38(34)41(37)36-10-6-5-8-32(36)35-9-7-15-39-40-35/h5-23H,1-4H3. The van der Waals surface area contributed by atoms with Gasteiger partial charge in [-0.1, -0.05) is 89.0 Å². The number of hydrogen-bond donors (Lipinski definition) is 0. The third-order valence-corrected chi connectivity index (χ3v) is 7.87. The smallest absolute Gasteiger partial charge is 0.0950 e. The SMILES string of the molecule is Cc1cc(C)cc(-c2ccc3c(c2)c2cc(-c4cc(C)cc(C)c4)ccc2n3-c2ccccc2-c2cccnn2)c1. The molecule has 7 aromatic rings. The Labute approximate surface area is 240 Å². The highest BCUT2D eigenvalue weighted by Crippen LogP contribution is 2.39. The molecule has 0 aliphatic heterocycles. The van der Waals surface area contributed by atoms with Crippen molar-refractivity contribution < 1.29 is 0 Å². The van der Waals surface area contributed by atoms with Crippen LogP contribution in [0.4, 0.5) is 0 Å². The van der Waals surface area contributed by atoms with Gasteiger partial charge in [0.15, 0.2) is 0 Å². The second-order valence-corrected chi connectivity index (χ2v) is 11.2. The van der Waals surface area contributed by atoms with E-state index in [1.165, 1.54) is 66.3 Å². The lowest BCUT2D eigenvalue weighted by Gasteiger charge is -2.13. The zero-order chi connectivity index (χ0) is 28.1. The summed E-state index contributed by atoms with van der Waals surface area (Å²) >= 11 is 0. The first-order valence-electron chi connectivity index (χ1n) is 14.1. The fourth-order valence-electron chi connectivity index (χ4n) is 6.26. The summed E-state index contributed by atoms with van der Waals surface area (Å²) in [7, 11) is 0. The monoisotopic (exact) mass is 529 g/mol. The van der Waals surface area contributed by atoms with Crippen LogP contribution in [0.5, 0.6) is 0 Å². The van der Waals surface area contributed by atoms with Crippen molar-refractivity contribution in [3.8, 4) is 39.2 Å². The summed E-state index contributed by atoms with van der Waals surface area (Å²) in [6.07, 6.45) is 1.72. The lowest BCUT2D eigenvalue weighted by Crippen LogP contribution is -1.98. The van der Waals surface area contributed by atoms with Crippen LogP contribution in [0.2, 0.25) is 0 Å². The summed E-state index contributed by atoms with van der Waals surface area (Å²) in [4.78, 5) is 0. The van der Waals surface area contributed by atoms with Crippen LogP contribution >= 0.6 is 0 Å². The van der Waals surface area contributed by atoms with E-state index in [1.54, 1.807) is 6.20 Å². The van der Waals surface area contributed by atoms with Crippen LogP contribution in [0.25, 0.3) is 61.0 Å². The molecule has 41 heavy (non-hydrogen) atoms. The van der Waals surface area contributed by atoms with E-state index in [0.29, 0.717) is 0 Å². The van der Waals surface area contributed by atoms with Gasteiger partial charge in [0.2, 0.25) is 0 Å². The van der Waals surface area contributed by atoms with Gasteiger partial charge in [-0.25, -0.2) is 0 Å². The molecule has 3 heteroatoms. The number of fused-ring (bicyclic) bond motifs is 3. The molecule has 0 bridgehead atoms. The first kappa shape index (κ1) is 25.0. The molecule has 0 radical (unpaired) electrons. The second-order valence-electron chi connectivity index (χ2n) is 11.2. The zero-order valence-corrected chi connectivity index (χ0v) is 23.8. The van der Waals surface area contributed by atoms with Crippen molar-refractivity contribution in [1.82, 2.24) is 14.8 Å². The van der Waals surface area contributed by atoms with Gasteiger partial charge in [-0.2, -0.15) is 10.2 Å². The van der Waals surface area contributed by atoms with E-state index in [0.717, 1.165) is 16.9 Å². The Morgan fingerprint density at radius 2 is 1.02 bits per heavy atom. The fourth-order valence-corrected chi connectivity index (χ4v) is 6.26. The lowest BCUT2D eigenvalue weighted by atomic mass is 9.97. The molecule has 2 heterocycles. The van der Waals surface area contributed by atoms with Crippen LogP contribution in [0.3, 0.4) is 0 Å². The fraction of sp³-hybridized carbons (Fsp3) is 0.105. The van der Waals surface area contributed by atoms with Gasteiger partial charge in [-0.05, 0) is 92.4 Å². The molecule has 0 spiro atoms. The van der Waals surface area contributed by atoms with Crippen molar-refractivity contribution >= 4 is 21.8 Å². The highest BCUT2D eigenvalue weighted by molar-refractivity contribution is 6.12. The molecule has 0 aliphatic rings. The van der Waals surface area contributed by atoms with Crippen LogP contribution in [0, 0.1) is 27.7 Å². The Morgan fingerprint density at radius 1 is 0.488 bits per heavy atom. The molecule has 0 N–H and O–H groups in total. The number of hydrogen-bond acceptors (Lipinski definition) is 2. The van der Waals surface area contributed by atoms with E-state index in [9.17, 15) is 0 Å². The van der Waals surface area contributed by atoms with E-state index >= 15 is 0 Å². The molecule has 7 rings (SSSR count). The van der Waals surface area contributed by atoms with Gasteiger partial charge in [-0.15, -0.1) is 0 Å². The maximum atomic E-state index is 4.46. The molecule has 0 fully saturated rings. The van der Waals surface area contributed by atoms with Crippen LogP contribution in [-0.2, 0) is 0 Å². The molecule has 0 unspecified atom stereocenters. The van der Waals surface area contributed by atoms with E-state index in [-0.39, 0.29) is 0 Å². The summed E-state index contributed by atoms with van der Waals surface area (Å²) in [6.45, 7) is 8.67. The molecule has 3 nitrogen and oxygen atoms in total. The van der Waals surface area contributed by atoms with Gasteiger partial charge < -0.3 is 4.57 Å². The predicted molar refractivity (Wildman–Crippen MR) is 172 cm³/mol. The predicted octanol–water partition coefficient (Wildman–Crippen LogP) is 9.81. The number of rotatable bonds is 4. The highest BCUT2D eigenvalue weighted by Gasteiger charge is 2.18. The minimum Gasteiger partial charge on any atom is -0.309 e. The van der Waals surface area contributed by atoms with Gasteiger partial charge in [-0.3, -0.25) is 0 Å². The summed E-state index contributed by atoms with van der Waals surface area (Å²) in [6, 6.07) is 39.8. The van der Waals surface area contributed by atoms with Crippen LogP contribution < -0.4 is 0 Å². The molecule has 0 aliphatic carbocycles. The topological polar surface area (TPSA) is 30.7 Å². The molecule has 0 saturated carbocycles. The average molecular weight is 530 g/mol. The van der Waals surface area contributed by atoms with Crippen LogP contribution in [0.1, 0.15) is 22.3 Å². The number of aryl methyl sites for hydroxylation is 4. The van der Waals surface area contributed by atoms with E-state index in [2.05, 4.69) is 140 Å². The maximum Gasteiger partial charge on any atom is 0.0950 e. The number of para-hydroxylation sites is 1. The first-order valence-corrected chi connectivity index (χ1v) is 14.1. The molecular weight excluding hydrogens is 498 g/mol. The molecule has 0 saturated heterocycles. The van der Waals surface area contributed by atoms with Crippen molar-refractivity contribution in [2.45, 2.75) is 27.7 Å². The third-order valence-electron chi connectivity index (χ3n) is 7.87. The van der Waals surface area contributed by atoms with Crippen LogP contribution in [-0.4, -0.2) is 14.8 Å². The number of benzene rings is 5. The van der Waals surface area contributed by atoms with E-state index in [4.69, 9.17) is 0 Å². The average Bonchev–Trinajstić information content (AvgIpc) is 3.29. The van der Waals surface area contributed by atoms with Gasteiger partial charge in [0.25, 0.3) is 0 Å². The minimum absolute atomic E-state index is 0.858. The van der Waals surface area contributed by atoms with Crippen molar-refractivity contribution in [3.05, 3.63) is 138 Å². The first-order chi connectivity index (χ1) is 19.9. The van der Waals surface area contributed by atoms with Gasteiger partial charge >= 0.3 is 0 Å². The summed E-state index contributed by atoms with van der Waals surface area (Å²) in [5.74, 6) is 0. The molecular formula is C38H31N3. The zero-order valence-electron chi connectivity index (χ0n) is 23.8. The van der Waals surface area contributed by atoms with Crippen molar-refractivity contribution in [1.29, 1.82) is 0 Å². The lowest BCUT2D eigenvalue weighted by molar-refractivity contribution is 1.03. The third kappa shape index (κ3) is 4.50. The number of aromatic nitrogens is 3. The largest absolute Gasteiger partial charge is 0.309 e. The van der Waals surface area contributed by atoms with Gasteiger partial charge in [0.05, 0.1) is 22.4 Å². The maximum absolute atomic E-state index is 4.46. The Hall–Kier alpha value is -5.02. The Kier molecular flexibility index (Phi) is 6.01. The van der Waals surface area contributed by atoms with Gasteiger partial charge in [0.1, 0.15) is 0 Å². The second kappa shape index (κ2) is 9.87. The molecule has 198 valence electrons. The summed E-state index contributed by atoms with van der Waals surface area (Å²) in [5.41, 5.74) is 15.4. The summed E-state index contributed by atoms with van der Waals surface area (Å²) < 4.78 is 2.38. The quantitative estimate of drug-likeness (QED) is 0.227. The normalized spacial score (nSPS) is 11.4.